The molecule has 0 saturated carbocycles. The van der Waals surface area contributed by atoms with Crippen LogP contribution in [0.25, 0.3) is 0 Å². The van der Waals surface area contributed by atoms with Gasteiger partial charge in [-0.3, -0.25) is 4.90 Å². The fraction of sp³-hybridized carbons (Fsp3) is 0.533. The van der Waals surface area contributed by atoms with Gasteiger partial charge < -0.3 is 20.1 Å². The summed E-state index contributed by atoms with van der Waals surface area (Å²) in [5.74, 6) is 0.265. The van der Waals surface area contributed by atoms with Crippen LogP contribution in [0.4, 0.5) is 5.69 Å². The van der Waals surface area contributed by atoms with Crippen molar-refractivity contribution >= 4 is 11.7 Å². The smallest absolute Gasteiger partial charge is 0.344 e. The predicted octanol–water partition coefficient (Wildman–Crippen LogP) is 0.438. The largest absolute Gasteiger partial charge is 0.482 e. The molecule has 1 saturated heterocycles. The molecule has 2 rings (SSSR count). The Bertz CT molecular complexity index is 442. The van der Waals surface area contributed by atoms with Crippen molar-refractivity contribution in [2.75, 3.05) is 58.7 Å². The minimum absolute atomic E-state index is 0.0767. The van der Waals surface area contributed by atoms with Crippen LogP contribution >= 0.6 is 0 Å². The fourth-order valence-electron chi connectivity index (χ4n) is 2.11. The monoisotopic (exact) mass is 293 g/mol. The standard InChI is InChI=1S/C15H23N3O3/c1-17-6-8-18(9-7-17)10-11-20-15(19)12-21-14-4-2-13(16)3-5-14/h2-5H,6-12,16H2,1H3. The Morgan fingerprint density at radius 3 is 2.52 bits per heavy atom. The van der Waals surface area contributed by atoms with E-state index in [2.05, 4.69) is 16.8 Å². The average Bonchev–Trinajstić information content (AvgIpc) is 2.49. The SMILES string of the molecule is CN1CCN(CCOC(=O)COc2ccc(N)cc2)CC1. The summed E-state index contributed by atoms with van der Waals surface area (Å²) < 4.78 is 10.5. The van der Waals surface area contributed by atoms with Crippen molar-refractivity contribution in [3.63, 3.8) is 0 Å². The molecule has 0 bridgehead atoms. The molecule has 6 heteroatoms. The Labute approximate surface area is 125 Å². The number of ether oxygens (including phenoxy) is 2. The van der Waals surface area contributed by atoms with Crippen LogP contribution in [0.2, 0.25) is 0 Å². The van der Waals surface area contributed by atoms with Crippen molar-refractivity contribution in [1.29, 1.82) is 0 Å². The summed E-state index contributed by atoms with van der Waals surface area (Å²) in [6, 6.07) is 6.92. The second kappa shape index (κ2) is 7.85. The van der Waals surface area contributed by atoms with Crippen LogP contribution < -0.4 is 10.5 Å². The van der Waals surface area contributed by atoms with Gasteiger partial charge in [-0.1, -0.05) is 0 Å². The lowest BCUT2D eigenvalue weighted by Gasteiger charge is -2.31. The topological polar surface area (TPSA) is 68.0 Å². The third-order valence-corrected chi connectivity index (χ3v) is 3.50. The molecule has 21 heavy (non-hydrogen) atoms. The number of anilines is 1. The lowest BCUT2D eigenvalue weighted by atomic mass is 10.3. The first kappa shape index (κ1) is 15.6. The zero-order chi connectivity index (χ0) is 15.1. The van der Waals surface area contributed by atoms with Crippen molar-refractivity contribution in [1.82, 2.24) is 9.80 Å². The van der Waals surface area contributed by atoms with Gasteiger partial charge >= 0.3 is 5.97 Å². The summed E-state index contributed by atoms with van der Waals surface area (Å²) in [5.41, 5.74) is 6.24. The Kier molecular flexibility index (Phi) is 5.83. The molecule has 1 heterocycles. The summed E-state index contributed by atoms with van der Waals surface area (Å²) in [6.45, 7) is 5.29. The first-order valence-corrected chi connectivity index (χ1v) is 7.18. The predicted molar refractivity (Wildman–Crippen MR) is 81.2 cm³/mol. The van der Waals surface area contributed by atoms with E-state index in [1.165, 1.54) is 0 Å². The number of benzene rings is 1. The molecule has 1 aliphatic rings. The summed E-state index contributed by atoms with van der Waals surface area (Å²) in [5, 5.41) is 0. The molecule has 1 aromatic carbocycles. The maximum atomic E-state index is 11.6. The van der Waals surface area contributed by atoms with Crippen LogP contribution in [-0.2, 0) is 9.53 Å². The molecule has 0 spiro atoms. The lowest BCUT2D eigenvalue weighted by molar-refractivity contribution is -0.146. The molecule has 0 unspecified atom stereocenters. The Morgan fingerprint density at radius 1 is 1.19 bits per heavy atom. The van der Waals surface area contributed by atoms with Gasteiger partial charge in [0, 0.05) is 38.4 Å². The molecular weight excluding hydrogens is 270 g/mol. The maximum absolute atomic E-state index is 11.6. The normalized spacial score (nSPS) is 16.6. The minimum atomic E-state index is -0.346. The molecule has 1 aromatic rings. The molecule has 0 radical (unpaired) electrons. The molecular formula is C15H23N3O3. The zero-order valence-corrected chi connectivity index (χ0v) is 12.5. The third kappa shape index (κ3) is 5.61. The second-order valence-corrected chi connectivity index (χ2v) is 5.22. The van der Waals surface area contributed by atoms with E-state index < -0.39 is 0 Å². The molecule has 1 aliphatic heterocycles. The van der Waals surface area contributed by atoms with Crippen LogP contribution in [0.5, 0.6) is 5.75 Å². The van der Waals surface area contributed by atoms with E-state index in [0.29, 0.717) is 18.0 Å². The second-order valence-electron chi connectivity index (χ2n) is 5.22. The molecule has 116 valence electrons. The number of nitrogens with two attached hydrogens (primary N) is 1. The minimum Gasteiger partial charge on any atom is -0.482 e. The average molecular weight is 293 g/mol. The molecule has 1 fully saturated rings. The molecule has 2 N–H and O–H groups in total. The van der Waals surface area contributed by atoms with E-state index in [1.54, 1.807) is 24.3 Å². The lowest BCUT2D eigenvalue weighted by Crippen LogP contribution is -2.45. The number of hydrogen-bond donors (Lipinski definition) is 1. The first-order valence-electron chi connectivity index (χ1n) is 7.18. The zero-order valence-electron chi connectivity index (χ0n) is 12.5. The van der Waals surface area contributed by atoms with Gasteiger partial charge in [0.25, 0.3) is 0 Å². The van der Waals surface area contributed by atoms with Gasteiger partial charge in [0.05, 0.1) is 0 Å². The molecule has 0 aromatic heterocycles. The van der Waals surface area contributed by atoms with Crippen LogP contribution in [-0.4, -0.2) is 68.8 Å². The van der Waals surface area contributed by atoms with Gasteiger partial charge in [0.2, 0.25) is 0 Å². The van der Waals surface area contributed by atoms with E-state index in [1.807, 2.05) is 0 Å². The number of piperazine rings is 1. The van der Waals surface area contributed by atoms with Gasteiger partial charge in [0.1, 0.15) is 12.4 Å². The quantitative estimate of drug-likeness (QED) is 0.606. The van der Waals surface area contributed by atoms with Crippen LogP contribution in [0.3, 0.4) is 0 Å². The number of likely N-dealkylation sites (N-methyl/N-ethyl adjacent to an activating group) is 1. The van der Waals surface area contributed by atoms with Gasteiger partial charge in [-0.25, -0.2) is 4.79 Å². The van der Waals surface area contributed by atoms with Crippen molar-refractivity contribution < 1.29 is 14.3 Å². The summed E-state index contributed by atoms with van der Waals surface area (Å²) >= 11 is 0. The number of nitrogens with zero attached hydrogens (tertiary/aromatic N) is 2. The number of nitrogen functional groups attached to an aromatic ring is 1. The van der Waals surface area contributed by atoms with Crippen LogP contribution in [0.1, 0.15) is 0 Å². The number of carbonyl (C=O) groups is 1. The van der Waals surface area contributed by atoms with E-state index in [0.717, 1.165) is 32.7 Å². The van der Waals surface area contributed by atoms with E-state index in [-0.39, 0.29) is 12.6 Å². The summed E-state index contributed by atoms with van der Waals surface area (Å²) in [4.78, 5) is 16.2. The van der Waals surface area contributed by atoms with Gasteiger partial charge in [-0.2, -0.15) is 0 Å². The Morgan fingerprint density at radius 2 is 1.86 bits per heavy atom. The summed E-state index contributed by atoms with van der Waals surface area (Å²) in [6.07, 6.45) is 0. The van der Waals surface area contributed by atoms with E-state index in [9.17, 15) is 4.79 Å². The molecule has 0 atom stereocenters. The highest BCUT2D eigenvalue weighted by Gasteiger charge is 2.13. The molecule has 0 aliphatic carbocycles. The van der Waals surface area contributed by atoms with Gasteiger partial charge in [-0.15, -0.1) is 0 Å². The van der Waals surface area contributed by atoms with Crippen molar-refractivity contribution in [2.24, 2.45) is 0 Å². The van der Waals surface area contributed by atoms with Crippen LogP contribution in [0.15, 0.2) is 24.3 Å². The number of carbonyl (C=O) groups excluding carboxylic acids is 1. The number of esters is 1. The highest BCUT2D eigenvalue weighted by Crippen LogP contribution is 2.12. The number of rotatable bonds is 6. The van der Waals surface area contributed by atoms with Crippen molar-refractivity contribution in [2.45, 2.75) is 0 Å². The highest BCUT2D eigenvalue weighted by molar-refractivity contribution is 5.71. The third-order valence-electron chi connectivity index (χ3n) is 3.50. The Hall–Kier alpha value is -1.79. The van der Waals surface area contributed by atoms with Crippen LogP contribution in [0, 0.1) is 0 Å². The highest BCUT2D eigenvalue weighted by atomic mass is 16.6. The fourth-order valence-corrected chi connectivity index (χ4v) is 2.11. The van der Waals surface area contributed by atoms with E-state index >= 15 is 0 Å². The van der Waals surface area contributed by atoms with E-state index in [4.69, 9.17) is 15.2 Å². The van der Waals surface area contributed by atoms with Crippen molar-refractivity contribution in [3.05, 3.63) is 24.3 Å². The van der Waals surface area contributed by atoms with Gasteiger partial charge in [0.15, 0.2) is 6.61 Å². The Balaban J connectivity index is 1.58. The van der Waals surface area contributed by atoms with Gasteiger partial charge in [-0.05, 0) is 31.3 Å². The maximum Gasteiger partial charge on any atom is 0.344 e. The number of hydrogen-bond acceptors (Lipinski definition) is 6. The molecule has 6 nitrogen and oxygen atoms in total. The summed E-state index contributed by atoms with van der Waals surface area (Å²) in [7, 11) is 2.12. The van der Waals surface area contributed by atoms with Crippen molar-refractivity contribution in [3.8, 4) is 5.75 Å². The first-order chi connectivity index (χ1) is 10.1. The molecule has 0 amide bonds.